The number of carboxylic acids is 1. The predicted molar refractivity (Wildman–Crippen MR) is 60.8 cm³/mol. The van der Waals surface area contributed by atoms with Crippen LogP contribution >= 0.6 is 11.7 Å². The maximum atomic E-state index is 12.1. The Morgan fingerprint density at radius 3 is 2.94 bits per heavy atom. The van der Waals surface area contributed by atoms with Crippen LogP contribution in [0, 0.1) is 5.92 Å². The van der Waals surface area contributed by atoms with Crippen LogP contribution in [-0.4, -0.2) is 43.2 Å². The summed E-state index contributed by atoms with van der Waals surface area (Å²) in [5.74, 6) is -1.32. The first-order chi connectivity index (χ1) is 8.11. The molecular formula is C10H13N3O3S. The van der Waals surface area contributed by atoms with Gasteiger partial charge < -0.3 is 10.0 Å². The molecule has 7 heteroatoms. The fourth-order valence-corrected chi connectivity index (χ4v) is 2.61. The monoisotopic (exact) mass is 255 g/mol. The lowest BCUT2D eigenvalue weighted by molar-refractivity contribution is -0.145. The van der Waals surface area contributed by atoms with E-state index in [0.29, 0.717) is 6.54 Å². The van der Waals surface area contributed by atoms with Gasteiger partial charge >= 0.3 is 5.97 Å². The van der Waals surface area contributed by atoms with Crippen LogP contribution in [0.15, 0.2) is 6.20 Å². The van der Waals surface area contributed by atoms with Crippen molar-refractivity contribution in [2.24, 2.45) is 5.92 Å². The number of aliphatic carboxylic acids is 1. The molecule has 2 rings (SSSR count). The van der Waals surface area contributed by atoms with Crippen LogP contribution in [0.3, 0.4) is 0 Å². The van der Waals surface area contributed by atoms with Gasteiger partial charge in [0.1, 0.15) is 6.04 Å². The summed E-state index contributed by atoms with van der Waals surface area (Å²) in [5, 5.41) is 9.20. The highest BCUT2D eigenvalue weighted by atomic mass is 32.1. The van der Waals surface area contributed by atoms with Crippen molar-refractivity contribution in [1.82, 2.24) is 13.6 Å². The summed E-state index contributed by atoms with van der Waals surface area (Å²) < 4.78 is 7.62. The van der Waals surface area contributed by atoms with Gasteiger partial charge in [0.25, 0.3) is 5.91 Å². The zero-order valence-electron chi connectivity index (χ0n) is 9.37. The third-order valence-corrected chi connectivity index (χ3v) is 3.51. The fourth-order valence-electron chi connectivity index (χ4n) is 2.20. The quantitative estimate of drug-likeness (QED) is 0.847. The van der Waals surface area contributed by atoms with Crippen LogP contribution in [0.1, 0.15) is 30.3 Å². The predicted octanol–water partition coefficient (Wildman–Crippen LogP) is 0.863. The van der Waals surface area contributed by atoms with Crippen LogP contribution in [0.5, 0.6) is 0 Å². The van der Waals surface area contributed by atoms with Gasteiger partial charge in [0.05, 0.1) is 17.9 Å². The van der Waals surface area contributed by atoms with E-state index < -0.39 is 12.0 Å². The highest BCUT2D eigenvalue weighted by molar-refractivity contribution is 6.99. The maximum Gasteiger partial charge on any atom is 0.326 e. The molecule has 0 saturated carbocycles. The van der Waals surface area contributed by atoms with Crippen molar-refractivity contribution < 1.29 is 14.7 Å². The molecule has 17 heavy (non-hydrogen) atoms. The second-order valence-electron chi connectivity index (χ2n) is 4.19. The number of piperidine rings is 1. The van der Waals surface area contributed by atoms with Crippen LogP contribution in [0.25, 0.3) is 0 Å². The van der Waals surface area contributed by atoms with E-state index in [1.807, 2.05) is 6.92 Å². The summed E-state index contributed by atoms with van der Waals surface area (Å²) >= 11 is 0.947. The van der Waals surface area contributed by atoms with Crippen molar-refractivity contribution in [2.75, 3.05) is 6.54 Å². The van der Waals surface area contributed by atoms with Gasteiger partial charge in [-0.15, -0.1) is 0 Å². The molecular weight excluding hydrogens is 242 g/mol. The number of aromatic nitrogens is 2. The minimum absolute atomic E-state index is 0.0307. The lowest BCUT2D eigenvalue weighted by Crippen LogP contribution is -2.52. The van der Waals surface area contributed by atoms with E-state index in [1.54, 1.807) is 0 Å². The highest BCUT2D eigenvalue weighted by Gasteiger charge is 2.37. The molecule has 2 heterocycles. The first-order valence-electron chi connectivity index (χ1n) is 5.42. The van der Waals surface area contributed by atoms with E-state index in [4.69, 9.17) is 0 Å². The Labute approximate surface area is 103 Å². The maximum absolute atomic E-state index is 12.1. The summed E-state index contributed by atoms with van der Waals surface area (Å²) in [7, 11) is 0. The van der Waals surface area contributed by atoms with Crippen molar-refractivity contribution in [3.05, 3.63) is 11.9 Å². The molecule has 6 nitrogen and oxygen atoms in total. The van der Waals surface area contributed by atoms with Gasteiger partial charge in [0, 0.05) is 6.54 Å². The number of hydrogen-bond donors (Lipinski definition) is 1. The zero-order valence-corrected chi connectivity index (χ0v) is 10.2. The van der Waals surface area contributed by atoms with Gasteiger partial charge in [-0.25, -0.2) is 4.79 Å². The molecule has 1 N–H and O–H groups in total. The molecule has 1 saturated heterocycles. The number of likely N-dealkylation sites (tertiary alicyclic amines) is 1. The zero-order chi connectivity index (χ0) is 12.4. The molecule has 1 aromatic heterocycles. The fraction of sp³-hybridized carbons (Fsp3) is 0.600. The molecule has 0 radical (unpaired) electrons. The molecule has 1 fully saturated rings. The van der Waals surface area contributed by atoms with E-state index >= 15 is 0 Å². The summed E-state index contributed by atoms with van der Waals surface area (Å²) in [6.45, 7) is 2.33. The Balaban J connectivity index is 2.23. The minimum Gasteiger partial charge on any atom is -0.480 e. The standard InChI is InChI=1S/C10H13N3O3S/c1-6-3-2-4-13(8(6)10(15)16)9(14)7-5-11-17-12-7/h5-6,8H,2-4H2,1H3,(H,15,16). The molecule has 2 unspecified atom stereocenters. The number of rotatable bonds is 2. The minimum atomic E-state index is -0.950. The first-order valence-corrected chi connectivity index (χ1v) is 6.15. The molecule has 0 bridgehead atoms. The van der Waals surface area contributed by atoms with Gasteiger partial charge in [-0.1, -0.05) is 6.92 Å². The third kappa shape index (κ3) is 2.28. The number of carbonyl (C=O) groups is 2. The van der Waals surface area contributed by atoms with Crippen molar-refractivity contribution in [3.8, 4) is 0 Å². The van der Waals surface area contributed by atoms with Gasteiger partial charge in [-0.3, -0.25) is 4.79 Å². The first kappa shape index (κ1) is 12.0. The van der Waals surface area contributed by atoms with Crippen LogP contribution < -0.4 is 0 Å². The molecule has 92 valence electrons. The molecule has 1 amide bonds. The van der Waals surface area contributed by atoms with Crippen molar-refractivity contribution in [1.29, 1.82) is 0 Å². The van der Waals surface area contributed by atoms with Crippen molar-refractivity contribution in [3.63, 3.8) is 0 Å². The number of amides is 1. The van der Waals surface area contributed by atoms with E-state index in [2.05, 4.69) is 8.75 Å². The molecule has 0 aromatic carbocycles. The Kier molecular flexibility index (Phi) is 3.37. The van der Waals surface area contributed by atoms with Gasteiger partial charge in [0.15, 0.2) is 5.69 Å². The number of nitrogens with zero attached hydrogens (tertiary/aromatic N) is 3. The molecule has 0 spiro atoms. The highest BCUT2D eigenvalue weighted by Crippen LogP contribution is 2.24. The van der Waals surface area contributed by atoms with Crippen LogP contribution in [-0.2, 0) is 4.79 Å². The van der Waals surface area contributed by atoms with Gasteiger partial charge in [-0.2, -0.15) is 8.75 Å². The summed E-state index contributed by atoms with van der Waals surface area (Å²) in [5.41, 5.74) is 0.232. The lowest BCUT2D eigenvalue weighted by Gasteiger charge is -2.36. The van der Waals surface area contributed by atoms with Crippen LogP contribution in [0.2, 0.25) is 0 Å². The Hall–Kier alpha value is -1.50. The Bertz CT molecular complexity index is 420. The van der Waals surface area contributed by atoms with Crippen molar-refractivity contribution >= 4 is 23.6 Å². The van der Waals surface area contributed by atoms with E-state index in [0.717, 1.165) is 24.6 Å². The average Bonchev–Trinajstić information content (AvgIpc) is 2.80. The van der Waals surface area contributed by atoms with Crippen molar-refractivity contribution in [2.45, 2.75) is 25.8 Å². The normalized spacial score (nSPS) is 24.6. The molecule has 2 atom stereocenters. The summed E-state index contributed by atoms with van der Waals surface area (Å²) in [4.78, 5) is 24.7. The molecule has 1 aliphatic heterocycles. The number of hydrogen-bond acceptors (Lipinski definition) is 5. The van der Waals surface area contributed by atoms with Gasteiger partial charge in [0.2, 0.25) is 0 Å². The van der Waals surface area contributed by atoms with Gasteiger partial charge in [-0.05, 0) is 18.8 Å². The molecule has 1 aromatic rings. The molecule has 0 aliphatic carbocycles. The SMILES string of the molecule is CC1CCCN(C(=O)c2cnsn2)C1C(=O)O. The summed E-state index contributed by atoms with van der Waals surface area (Å²) in [6.07, 6.45) is 3.04. The van der Waals surface area contributed by atoms with E-state index in [1.165, 1.54) is 11.1 Å². The Morgan fingerprint density at radius 1 is 1.59 bits per heavy atom. The number of carbonyl (C=O) groups excluding carboxylic acids is 1. The van der Waals surface area contributed by atoms with E-state index in [-0.39, 0.29) is 17.5 Å². The number of carboxylic acid groups (broad SMARTS) is 1. The molecule has 1 aliphatic rings. The third-order valence-electron chi connectivity index (χ3n) is 3.03. The second-order valence-corrected chi connectivity index (χ2v) is 4.75. The second kappa shape index (κ2) is 4.79. The lowest BCUT2D eigenvalue weighted by atomic mass is 9.90. The Morgan fingerprint density at radius 2 is 2.35 bits per heavy atom. The van der Waals surface area contributed by atoms with E-state index in [9.17, 15) is 14.7 Å². The topological polar surface area (TPSA) is 83.4 Å². The average molecular weight is 255 g/mol. The smallest absolute Gasteiger partial charge is 0.326 e. The summed E-state index contributed by atoms with van der Waals surface area (Å²) in [6, 6.07) is -0.752. The largest absolute Gasteiger partial charge is 0.480 e. The van der Waals surface area contributed by atoms with Crippen LogP contribution in [0.4, 0.5) is 0 Å².